The van der Waals surface area contributed by atoms with Crippen molar-refractivity contribution < 1.29 is 14.3 Å². The van der Waals surface area contributed by atoms with E-state index < -0.39 is 5.97 Å². The van der Waals surface area contributed by atoms with Gasteiger partial charge in [0.25, 0.3) is 0 Å². The molecule has 1 aliphatic heterocycles. The SMILES string of the molecule is Cc1cc(C)c2[nH]ccc2c1CN1CCC(CF)CC1c1ccc(C(=O)O)cc1. The van der Waals surface area contributed by atoms with Crippen molar-refractivity contribution in [3.63, 3.8) is 0 Å². The van der Waals surface area contributed by atoms with Gasteiger partial charge >= 0.3 is 5.97 Å². The lowest BCUT2D eigenvalue weighted by atomic mass is 9.86. The van der Waals surface area contributed by atoms with Gasteiger partial charge in [-0.25, -0.2) is 4.79 Å². The summed E-state index contributed by atoms with van der Waals surface area (Å²) >= 11 is 0. The van der Waals surface area contributed by atoms with Crippen LogP contribution in [0.4, 0.5) is 4.39 Å². The number of hydrogen-bond donors (Lipinski definition) is 2. The Bertz CT molecular complexity index is 1030. The van der Waals surface area contributed by atoms with E-state index in [1.54, 1.807) is 12.1 Å². The summed E-state index contributed by atoms with van der Waals surface area (Å²) in [6, 6.07) is 11.5. The van der Waals surface area contributed by atoms with Crippen molar-refractivity contribution in [3.05, 3.63) is 70.4 Å². The Morgan fingerprint density at radius 1 is 1.21 bits per heavy atom. The molecule has 29 heavy (non-hydrogen) atoms. The first-order valence-corrected chi connectivity index (χ1v) is 10.2. The van der Waals surface area contributed by atoms with Gasteiger partial charge in [0, 0.05) is 29.7 Å². The highest BCUT2D eigenvalue weighted by Crippen LogP contribution is 2.37. The van der Waals surface area contributed by atoms with Gasteiger partial charge in [0.1, 0.15) is 0 Å². The Hall–Kier alpha value is -2.66. The number of carbonyl (C=O) groups is 1. The number of aromatic amines is 1. The van der Waals surface area contributed by atoms with Crippen LogP contribution in [0.15, 0.2) is 42.6 Å². The van der Waals surface area contributed by atoms with Crippen molar-refractivity contribution in [1.82, 2.24) is 9.88 Å². The molecule has 0 spiro atoms. The number of piperidine rings is 1. The fraction of sp³-hybridized carbons (Fsp3) is 0.375. The lowest BCUT2D eigenvalue weighted by Gasteiger charge is -2.39. The molecule has 2 atom stereocenters. The van der Waals surface area contributed by atoms with Crippen LogP contribution in [0.2, 0.25) is 0 Å². The number of rotatable bonds is 5. The summed E-state index contributed by atoms with van der Waals surface area (Å²) in [5.74, 6) is -0.870. The molecular weight excluding hydrogens is 367 g/mol. The molecule has 2 unspecified atom stereocenters. The second-order valence-electron chi connectivity index (χ2n) is 8.21. The number of halogens is 1. The second kappa shape index (κ2) is 7.99. The average molecular weight is 394 g/mol. The van der Waals surface area contributed by atoms with E-state index in [9.17, 15) is 14.3 Å². The van der Waals surface area contributed by atoms with Gasteiger partial charge in [0.2, 0.25) is 0 Å². The largest absolute Gasteiger partial charge is 0.478 e. The third-order valence-corrected chi connectivity index (χ3v) is 6.32. The van der Waals surface area contributed by atoms with Gasteiger partial charge in [-0.1, -0.05) is 18.2 Å². The van der Waals surface area contributed by atoms with Crippen molar-refractivity contribution in [2.75, 3.05) is 13.2 Å². The van der Waals surface area contributed by atoms with Crippen LogP contribution in [0.25, 0.3) is 10.9 Å². The van der Waals surface area contributed by atoms with Crippen LogP contribution in [0.5, 0.6) is 0 Å². The molecule has 1 aromatic heterocycles. The molecule has 152 valence electrons. The number of aromatic carboxylic acids is 1. The zero-order valence-corrected chi connectivity index (χ0v) is 16.9. The van der Waals surface area contributed by atoms with Gasteiger partial charge in [0.15, 0.2) is 0 Å². The topological polar surface area (TPSA) is 56.3 Å². The number of benzene rings is 2. The van der Waals surface area contributed by atoms with E-state index in [2.05, 4.69) is 35.9 Å². The highest BCUT2D eigenvalue weighted by Gasteiger charge is 2.30. The minimum Gasteiger partial charge on any atom is -0.478 e. The molecule has 4 rings (SSSR count). The summed E-state index contributed by atoms with van der Waals surface area (Å²) in [5, 5.41) is 10.4. The summed E-state index contributed by atoms with van der Waals surface area (Å²) in [6.07, 6.45) is 3.59. The summed E-state index contributed by atoms with van der Waals surface area (Å²) in [4.78, 5) is 17.0. The standard InChI is InChI=1S/C24H27FN2O2/c1-15-11-16(2)23-20(7-9-26-23)21(15)14-27-10-8-17(13-25)12-22(27)18-3-5-19(6-4-18)24(28)29/h3-7,9,11,17,22,26H,8,10,12-14H2,1-2H3,(H,28,29). The molecule has 1 aliphatic rings. The highest BCUT2D eigenvalue weighted by atomic mass is 19.1. The van der Waals surface area contributed by atoms with Crippen LogP contribution >= 0.6 is 0 Å². The quantitative estimate of drug-likeness (QED) is 0.609. The molecule has 3 aromatic rings. The number of aromatic nitrogens is 1. The predicted octanol–water partition coefficient (Wildman–Crippen LogP) is 5.41. The maximum Gasteiger partial charge on any atom is 0.335 e. The minimum atomic E-state index is -0.927. The molecule has 4 nitrogen and oxygen atoms in total. The predicted molar refractivity (Wildman–Crippen MR) is 113 cm³/mol. The highest BCUT2D eigenvalue weighted by molar-refractivity contribution is 5.88. The average Bonchev–Trinajstić information content (AvgIpc) is 3.21. The molecule has 0 aliphatic carbocycles. The zero-order valence-electron chi connectivity index (χ0n) is 16.9. The number of likely N-dealkylation sites (tertiary alicyclic amines) is 1. The van der Waals surface area contributed by atoms with E-state index in [1.807, 2.05) is 18.3 Å². The minimum absolute atomic E-state index is 0.0572. The Morgan fingerprint density at radius 3 is 2.66 bits per heavy atom. The first-order chi connectivity index (χ1) is 14.0. The van der Waals surface area contributed by atoms with Gasteiger partial charge in [-0.3, -0.25) is 9.29 Å². The number of nitrogens with one attached hydrogen (secondary N) is 1. The van der Waals surface area contributed by atoms with Crippen molar-refractivity contribution in [2.24, 2.45) is 5.92 Å². The molecule has 0 amide bonds. The van der Waals surface area contributed by atoms with Crippen molar-refractivity contribution in [1.29, 1.82) is 0 Å². The Morgan fingerprint density at radius 2 is 1.97 bits per heavy atom. The maximum absolute atomic E-state index is 13.5. The van der Waals surface area contributed by atoms with Crippen LogP contribution in [-0.2, 0) is 6.54 Å². The summed E-state index contributed by atoms with van der Waals surface area (Å²) in [6.45, 7) is 5.60. The van der Waals surface area contributed by atoms with Crippen molar-refractivity contribution in [3.8, 4) is 0 Å². The molecule has 2 heterocycles. The zero-order chi connectivity index (χ0) is 20.5. The van der Waals surface area contributed by atoms with Crippen molar-refractivity contribution in [2.45, 2.75) is 39.3 Å². The number of alkyl halides is 1. The number of hydrogen-bond acceptors (Lipinski definition) is 2. The molecular formula is C24H27FN2O2. The number of carboxylic acids is 1. The Kier molecular flexibility index (Phi) is 5.41. The summed E-state index contributed by atoms with van der Waals surface area (Å²) in [7, 11) is 0. The fourth-order valence-corrected chi connectivity index (χ4v) is 4.67. The number of aryl methyl sites for hydroxylation is 2. The fourth-order valence-electron chi connectivity index (χ4n) is 4.67. The van der Waals surface area contributed by atoms with Gasteiger partial charge in [-0.15, -0.1) is 0 Å². The van der Waals surface area contributed by atoms with Gasteiger partial charge in [-0.2, -0.15) is 0 Å². The monoisotopic (exact) mass is 394 g/mol. The Labute approximate surface area is 170 Å². The van der Waals surface area contributed by atoms with Crippen LogP contribution in [0.3, 0.4) is 0 Å². The lowest BCUT2D eigenvalue weighted by molar-refractivity contribution is 0.0696. The maximum atomic E-state index is 13.5. The summed E-state index contributed by atoms with van der Waals surface area (Å²) < 4.78 is 13.5. The van der Waals surface area contributed by atoms with Gasteiger partial charge in [-0.05, 0) is 79.6 Å². The first kappa shape index (κ1) is 19.6. The van der Waals surface area contributed by atoms with E-state index in [-0.39, 0.29) is 24.2 Å². The van der Waals surface area contributed by atoms with Gasteiger partial charge < -0.3 is 10.1 Å². The second-order valence-corrected chi connectivity index (χ2v) is 8.21. The van der Waals surface area contributed by atoms with E-state index in [1.165, 1.54) is 27.6 Å². The molecule has 2 N–H and O–H groups in total. The molecule has 0 saturated carbocycles. The lowest BCUT2D eigenvalue weighted by Crippen LogP contribution is -2.37. The van der Waals surface area contributed by atoms with Gasteiger partial charge in [0.05, 0.1) is 12.2 Å². The van der Waals surface area contributed by atoms with E-state index in [0.717, 1.165) is 31.5 Å². The smallest absolute Gasteiger partial charge is 0.335 e. The van der Waals surface area contributed by atoms with Crippen LogP contribution in [-0.4, -0.2) is 34.2 Å². The number of carboxylic acid groups (broad SMARTS) is 1. The third-order valence-electron chi connectivity index (χ3n) is 6.32. The number of fused-ring (bicyclic) bond motifs is 1. The van der Waals surface area contributed by atoms with E-state index in [4.69, 9.17) is 0 Å². The molecule has 0 bridgehead atoms. The van der Waals surface area contributed by atoms with Crippen LogP contribution in [0.1, 0.15) is 51.5 Å². The van der Waals surface area contributed by atoms with Crippen LogP contribution < -0.4 is 0 Å². The number of H-pyrrole nitrogens is 1. The van der Waals surface area contributed by atoms with Crippen molar-refractivity contribution >= 4 is 16.9 Å². The normalized spacial score (nSPS) is 20.2. The van der Waals surface area contributed by atoms with E-state index in [0.29, 0.717) is 0 Å². The molecule has 0 radical (unpaired) electrons. The molecule has 1 saturated heterocycles. The molecule has 5 heteroatoms. The third kappa shape index (κ3) is 3.79. The summed E-state index contributed by atoms with van der Waals surface area (Å²) in [5.41, 5.74) is 6.32. The molecule has 2 aromatic carbocycles. The van der Waals surface area contributed by atoms with E-state index >= 15 is 0 Å². The first-order valence-electron chi connectivity index (χ1n) is 10.2. The number of nitrogens with zero attached hydrogens (tertiary/aromatic N) is 1. The molecule has 1 fully saturated rings. The van der Waals surface area contributed by atoms with Crippen LogP contribution in [0, 0.1) is 19.8 Å². The Balaban J connectivity index is 1.68.